The number of ketones is 1. The predicted octanol–water partition coefficient (Wildman–Crippen LogP) is 9.10. The standard InChI is InChI=1S/C45H74O7/c1-7-8-9-10-11-12-13-14-15-16-17-18-19-20-21-22-41(49)52-40(25-26-42(3,4)50)32(2)33-24-28-45(51)35-29-37(46)36-30-38(47)39(48)31-43(36,5)34(35)23-27-44(33,45)6/h11-12,14-15,29,32-34,36,38-40,47-48,50-51H,7-10,13,16-28,30-31H2,1-6H3/b12-11-,15-14-/t32-,33+,34-,36-,38+,39-,40+,43+,44+,45+/m0/s1. The van der Waals surface area contributed by atoms with Crippen molar-refractivity contribution in [3.8, 4) is 0 Å². The molecule has 7 nitrogen and oxygen atoms in total. The molecule has 3 fully saturated rings. The number of aliphatic hydroxyl groups is 4. The molecule has 4 aliphatic rings. The van der Waals surface area contributed by atoms with Crippen molar-refractivity contribution >= 4 is 11.8 Å². The lowest BCUT2D eigenvalue weighted by molar-refractivity contribution is -0.162. The van der Waals surface area contributed by atoms with Gasteiger partial charge in [-0.25, -0.2) is 0 Å². The normalized spacial score (nSPS) is 34.5. The maximum Gasteiger partial charge on any atom is 0.306 e. The van der Waals surface area contributed by atoms with Crippen LogP contribution in [0.25, 0.3) is 0 Å². The Bertz CT molecular complexity index is 1260. The van der Waals surface area contributed by atoms with E-state index in [0.29, 0.717) is 32.1 Å². The van der Waals surface area contributed by atoms with Gasteiger partial charge in [0.25, 0.3) is 0 Å². The topological polar surface area (TPSA) is 124 Å². The Morgan fingerprint density at radius 1 is 0.942 bits per heavy atom. The fourth-order valence-corrected chi connectivity index (χ4v) is 10.7. The lowest BCUT2D eigenvalue weighted by atomic mass is 9.46. The van der Waals surface area contributed by atoms with Gasteiger partial charge in [-0.1, -0.05) is 84.1 Å². The Morgan fingerprint density at radius 2 is 1.60 bits per heavy atom. The lowest BCUT2D eigenvalue weighted by Gasteiger charge is -2.60. The van der Waals surface area contributed by atoms with E-state index in [0.717, 1.165) is 63.4 Å². The maximum absolute atomic E-state index is 13.6. The lowest BCUT2D eigenvalue weighted by Crippen LogP contribution is -2.61. The molecule has 0 aliphatic heterocycles. The first-order valence-electron chi connectivity index (χ1n) is 21.1. The molecular weight excluding hydrogens is 652 g/mol. The van der Waals surface area contributed by atoms with E-state index in [1.807, 2.05) is 0 Å². The molecule has 52 heavy (non-hydrogen) atoms. The first-order chi connectivity index (χ1) is 24.6. The minimum absolute atomic E-state index is 0.0305. The highest BCUT2D eigenvalue weighted by Gasteiger charge is 2.67. The van der Waals surface area contributed by atoms with Crippen LogP contribution in [0.3, 0.4) is 0 Å². The van der Waals surface area contributed by atoms with Gasteiger partial charge in [0, 0.05) is 17.8 Å². The number of carbonyl (C=O) groups excluding carboxylic acids is 2. The van der Waals surface area contributed by atoms with E-state index in [9.17, 15) is 30.0 Å². The Morgan fingerprint density at radius 3 is 2.27 bits per heavy atom. The highest BCUT2D eigenvalue weighted by molar-refractivity contribution is 5.95. The van der Waals surface area contributed by atoms with Gasteiger partial charge in [0.15, 0.2) is 5.78 Å². The molecule has 4 aliphatic carbocycles. The van der Waals surface area contributed by atoms with Gasteiger partial charge in [0.2, 0.25) is 0 Å². The third-order valence-electron chi connectivity index (χ3n) is 14.1. The van der Waals surface area contributed by atoms with Crippen molar-refractivity contribution in [1.82, 2.24) is 0 Å². The minimum Gasteiger partial charge on any atom is -0.462 e. The van der Waals surface area contributed by atoms with E-state index in [1.165, 1.54) is 32.1 Å². The summed E-state index contributed by atoms with van der Waals surface area (Å²) in [6.45, 7) is 12.2. The number of esters is 1. The van der Waals surface area contributed by atoms with Crippen molar-refractivity contribution < 1.29 is 34.8 Å². The third-order valence-corrected chi connectivity index (χ3v) is 14.1. The van der Waals surface area contributed by atoms with Gasteiger partial charge in [0.1, 0.15) is 6.10 Å². The average Bonchev–Trinajstić information content (AvgIpc) is 3.36. The summed E-state index contributed by atoms with van der Waals surface area (Å²) < 4.78 is 6.26. The molecule has 7 heteroatoms. The number of hydrogen-bond donors (Lipinski definition) is 4. The Hall–Kier alpha value is -1.80. The largest absolute Gasteiger partial charge is 0.462 e. The summed E-state index contributed by atoms with van der Waals surface area (Å²) in [5, 5.41) is 44.4. The van der Waals surface area contributed by atoms with Gasteiger partial charge >= 0.3 is 5.97 Å². The van der Waals surface area contributed by atoms with E-state index < -0.39 is 34.2 Å². The van der Waals surface area contributed by atoms with E-state index in [-0.39, 0.29) is 47.9 Å². The molecule has 0 saturated heterocycles. The van der Waals surface area contributed by atoms with Crippen molar-refractivity contribution in [2.45, 2.75) is 199 Å². The average molecular weight is 727 g/mol. The second-order valence-electron chi connectivity index (χ2n) is 18.4. The zero-order valence-electron chi connectivity index (χ0n) is 33.6. The number of carbonyl (C=O) groups is 2. The van der Waals surface area contributed by atoms with Crippen molar-refractivity contribution in [3.05, 3.63) is 36.0 Å². The quantitative estimate of drug-likeness (QED) is 0.0561. The van der Waals surface area contributed by atoms with E-state index in [1.54, 1.807) is 19.9 Å². The summed E-state index contributed by atoms with van der Waals surface area (Å²) in [6, 6.07) is 0. The molecule has 0 unspecified atom stereocenters. The van der Waals surface area contributed by atoms with Crippen molar-refractivity contribution in [3.63, 3.8) is 0 Å². The molecule has 0 spiro atoms. The molecule has 4 N–H and O–H groups in total. The van der Waals surface area contributed by atoms with Gasteiger partial charge in [-0.15, -0.1) is 0 Å². The molecular formula is C45H74O7. The smallest absolute Gasteiger partial charge is 0.306 e. The molecule has 0 aromatic carbocycles. The Labute approximate surface area is 315 Å². The summed E-state index contributed by atoms with van der Waals surface area (Å²) in [5.74, 6) is -0.585. The summed E-state index contributed by atoms with van der Waals surface area (Å²) in [6.07, 6.45) is 26.0. The summed E-state index contributed by atoms with van der Waals surface area (Å²) in [7, 11) is 0. The molecule has 0 bridgehead atoms. The van der Waals surface area contributed by atoms with Crippen molar-refractivity contribution in [1.29, 1.82) is 0 Å². The first kappa shape index (κ1) is 42.9. The van der Waals surface area contributed by atoms with Gasteiger partial charge in [-0.3, -0.25) is 9.59 Å². The van der Waals surface area contributed by atoms with Crippen LogP contribution >= 0.6 is 0 Å². The summed E-state index contributed by atoms with van der Waals surface area (Å²) >= 11 is 0. The predicted molar refractivity (Wildman–Crippen MR) is 208 cm³/mol. The van der Waals surface area contributed by atoms with Crippen LogP contribution in [-0.2, 0) is 14.3 Å². The molecule has 4 rings (SSSR count). The molecule has 0 heterocycles. The van der Waals surface area contributed by atoms with E-state index >= 15 is 0 Å². The zero-order chi connectivity index (χ0) is 38.2. The fourth-order valence-electron chi connectivity index (χ4n) is 10.7. The Kier molecular flexibility index (Phi) is 15.4. The monoisotopic (exact) mass is 727 g/mol. The van der Waals surface area contributed by atoms with Crippen molar-refractivity contribution in [2.24, 2.45) is 34.5 Å². The third kappa shape index (κ3) is 10.1. The van der Waals surface area contributed by atoms with Gasteiger partial charge in [-0.05, 0) is 139 Å². The SMILES string of the molecule is CCCCC/C=C\C/C=C\CCCCCCCC(=O)O[C@H](CCC(C)(C)O)[C@@H](C)[C@H]1CC[C@@]2(O)C3=CC(=O)[C@@H]4C[C@@H](O)[C@@H](O)C[C@]4(C)[C@H]3CC[C@]12C. The maximum atomic E-state index is 13.6. The molecule has 0 aromatic heterocycles. The minimum atomic E-state index is -1.16. The molecule has 0 radical (unpaired) electrons. The van der Waals surface area contributed by atoms with Gasteiger partial charge in [0.05, 0.1) is 23.4 Å². The second-order valence-corrected chi connectivity index (χ2v) is 18.4. The van der Waals surface area contributed by atoms with E-state index in [2.05, 4.69) is 52.0 Å². The number of fused-ring (bicyclic) bond motifs is 5. The molecule has 10 atom stereocenters. The molecule has 296 valence electrons. The van der Waals surface area contributed by atoms with Crippen LogP contribution in [0, 0.1) is 34.5 Å². The van der Waals surface area contributed by atoms with Crippen molar-refractivity contribution in [2.75, 3.05) is 0 Å². The number of rotatable bonds is 20. The van der Waals surface area contributed by atoms with Gasteiger partial charge in [-0.2, -0.15) is 0 Å². The van der Waals surface area contributed by atoms with Crippen LogP contribution in [0.5, 0.6) is 0 Å². The first-order valence-corrected chi connectivity index (χ1v) is 21.1. The fraction of sp³-hybridized carbons (Fsp3) is 0.822. The van der Waals surface area contributed by atoms with Gasteiger partial charge < -0.3 is 25.2 Å². The molecule has 0 amide bonds. The number of ether oxygens (including phenoxy) is 1. The number of allylic oxidation sites excluding steroid dienone is 5. The summed E-state index contributed by atoms with van der Waals surface area (Å²) in [4.78, 5) is 26.8. The highest BCUT2D eigenvalue weighted by atomic mass is 16.5. The van der Waals surface area contributed by atoms with Crippen LogP contribution in [-0.4, -0.2) is 61.7 Å². The number of aliphatic hydroxyl groups excluding tert-OH is 2. The van der Waals surface area contributed by atoms with Crippen LogP contribution in [0.2, 0.25) is 0 Å². The molecule has 3 saturated carbocycles. The van der Waals surface area contributed by atoms with E-state index in [4.69, 9.17) is 4.74 Å². The number of hydrogen-bond acceptors (Lipinski definition) is 7. The van der Waals surface area contributed by atoms with Crippen LogP contribution < -0.4 is 0 Å². The van der Waals surface area contributed by atoms with Crippen LogP contribution in [0.4, 0.5) is 0 Å². The Balaban J connectivity index is 1.31. The number of unbranched alkanes of at least 4 members (excludes halogenated alkanes) is 8. The second kappa shape index (κ2) is 18.7. The van der Waals surface area contributed by atoms with Crippen LogP contribution in [0.1, 0.15) is 170 Å². The van der Waals surface area contributed by atoms with Crippen LogP contribution in [0.15, 0.2) is 36.0 Å². The highest BCUT2D eigenvalue weighted by Crippen LogP contribution is 2.68. The zero-order valence-corrected chi connectivity index (χ0v) is 33.6. The summed E-state index contributed by atoms with van der Waals surface area (Å²) in [5.41, 5.74) is -2.25. The molecule has 0 aromatic rings.